The van der Waals surface area contributed by atoms with Gasteiger partial charge in [-0.2, -0.15) is 0 Å². The molecule has 0 aromatic rings. The van der Waals surface area contributed by atoms with Crippen molar-refractivity contribution in [3.63, 3.8) is 0 Å². The summed E-state index contributed by atoms with van der Waals surface area (Å²) in [6, 6.07) is -0.394. The van der Waals surface area contributed by atoms with E-state index in [1.807, 2.05) is 0 Å². The fourth-order valence-electron chi connectivity index (χ4n) is 1.09. The van der Waals surface area contributed by atoms with E-state index in [1.165, 1.54) is 12.2 Å². The lowest BCUT2D eigenvalue weighted by Gasteiger charge is -2.14. The second-order valence-electron chi connectivity index (χ2n) is 2.64. The van der Waals surface area contributed by atoms with Crippen LogP contribution in [0.3, 0.4) is 0 Å². The highest BCUT2D eigenvalue weighted by Gasteiger charge is 2.11. The Bertz CT molecular complexity index is 198. The van der Waals surface area contributed by atoms with Crippen LogP contribution in [0.5, 0.6) is 0 Å². The van der Waals surface area contributed by atoms with Gasteiger partial charge in [0, 0.05) is 6.04 Å². The number of aliphatic hydroxyl groups excluding tert-OH is 1. The Morgan fingerprint density at radius 2 is 2.45 bits per heavy atom. The molecule has 1 aliphatic rings. The van der Waals surface area contributed by atoms with Crippen LogP contribution < -0.4 is 5.73 Å². The Morgan fingerprint density at radius 1 is 1.73 bits per heavy atom. The Balaban J connectivity index is 2.64. The zero-order valence-electron chi connectivity index (χ0n) is 6.26. The van der Waals surface area contributed by atoms with Crippen molar-refractivity contribution in [1.29, 1.82) is 0 Å². The van der Waals surface area contributed by atoms with Crippen molar-refractivity contribution in [2.45, 2.75) is 18.9 Å². The lowest BCUT2D eigenvalue weighted by molar-refractivity contribution is 0.277. The molecule has 0 heterocycles. The van der Waals surface area contributed by atoms with Gasteiger partial charge in [-0.3, -0.25) is 0 Å². The number of allylic oxidation sites excluding steroid dienone is 3. The molecule has 0 saturated heterocycles. The summed E-state index contributed by atoms with van der Waals surface area (Å²) in [7, 11) is 0. The van der Waals surface area contributed by atoms with Gasteiger partial charge >= 0.3 is 0 Å². The van der Waals surface area contributed by atoms with Crippen LogP contribution in [-0.2, 0) is 0 Å². The third kappa shape index (κ3) is 2.13. The fraction of sp³-hybridized carbons (Fsp3) is 0.500. The predicted octanol–water partition coefficient (Wildman–Crippen LogP) is 0.880. The molecule has 1 rings (SSSR count). The summed E-state index contributed by atoms with van der Waals surface area (Å²) in [6.45, 7) is -0.112. The van der Waals surface area contributed by atoms with Gasteiger partial charge in [-0.1, -0.05) is 0 Å². The van der Waals surface area contributed by atoms with Gasteiger partial charge in [0.15, 0.2) is 0 Å². The van der Waals surface area contributed by atoms with Crippen molar-refractivity contribution in [2.24, 2.45) is 5.73 Å². The monoisotopic (exact) mass is 157 g/mol. The molecule has 0 aliphatic heterocycles. The van der Waals surface area contributed by atoms with Crippen molar-refractivity contribution in [1.82, 2.24) is 0 Å². The molecule has 62 valence electrons. The molecular formula is C8H12FNO. The summed E-state index contributed by atoms with van der Waals surface area (Å²) in [5, 5.41) is 8.67. The van der Waals surface area contributed by atoms with Crippen LogP contribution in [0.4, 0.5) is 4.39 Å². The van der Waals surface area contributed by atoms with E-state index in [9.17, 15) is 4.39 Å². The summed E-state index contributed by atoms with van der Waals surface area (Å²) in [5.74, 6) is -0.241. The van der Waals surface area contributed by atoms with Crippen LogP contribution in [0.2, 0.25) is 0 Å². The van der Waals surface area contributed by atoms with Gasteiger partial charge in [0.2, 0.25) is 0 Å². The number of hydrogen-bond donors (Lipinski definition) is 2. The molecule has 0 aromatic carbocycles. The first-order valence-electron chi connectivity index (χ1n) is 3.66. The molecule has 1 aliphatic carbocycles. The maximum atomic E-state index is 12.6. The van der Waals surface area contributed by atoms with E-state index in [1.54, 1.807) is 0 Å². The first kappa shape index (κ1) is 8.43. The molecule has 0 aromatic heterocycles. The molecule has 2 nitrogen and oxygen atoms in total. The lowest BCUT2D eigenvalue weighted by atomic mass is 9.98. The van der Waals surface area contributed by atoms with E-state index in [0.29, 0.717) is 6.42 Å². The summed E-state index contributed by atoms with van der Waals surface area (Å²) in [5.41, 5.74) is 6.30. The molecule has 3 heteroatoms. The summed E-state index contributed by atoms with van der Waals surface area (Å²) in [4.78, 5) is 0. The van der Waals surface area contributed by atoms with Crippen molar-refractivity contribution < 1.29 is 9.50 Å². The minimum atomic E-state index is -0.394. The Kier molecular flexibility index (Phi) is 2.79. The number of rotatable bonds is 2. The summed E-state index contributed by atoms with van der Waals surface area (Å²) in [6.07, 6.45) is 4.37. The minimum absolute atomic E-state index is 0.112. The van der Waals surface area contributed by atoms with Crippen molar-refractivity contribution >= 4 is 0 Å². The quantitative estimate of drug-likeness (QED) is 0.625. The molecule has 0 fully saturated rings. The molecule has 0 saturated carbocycles. The third-order valence-electron chi connectivity index (χ3n) is 1.77. The summed E-state index contributed by atoms with van der Waals surface area (Å²) < 4.78 is 12.6. The smallest absolute Gasteiger partial charge is 0.119 e. The largest absolute Gasteiger partial charge is 0.394 e. The molecule has 0 bridgehead atoms. The van der Waals surface area contributed by atoms with E-state index in [2.05, 4.69) is 0 Å². The number of halogens is 1. The Morgan fingerprint density at radius 3 is 3.00 bits per heavy atom. The van der Waals surface area contributed by atoms with E-state index in [-0.39, 0.29) is 12.4 Å². The topological polar surface area (TPSA) is 46.2 Å². The standard InChI is InChI=1S/C8H12FNO/c9-7-3-1-2-6(4-7)8(10)5-11/h3-4,8,11H,1-2,5,10H2/t8-/m1/s1. The third-order valence-corrected chi connectivity index (χ3v) is 1.77. The van der Waals surface area contributed by atoms with Gasteiger partial charge in [-0.25, -0.2) is 4.39 Å². The van der Waals surface area contributed by atoms with Crippen molar-refractivity contribution in [3.05, 3.63) is 23.6 Å². The maximum Gasteiger partial charge on any atom is 0.119 e. The molecule has 0 unspecified atom stereocenters. The lowest BCUT2D eigenvalue weighted by Crippen LogP contribution is -2.27. The zero-order valence-corrected chi connectivity index (χ0v) is 6.26. The highest BCUT2D eigenvalue weighted by molar-refractivity contribution is 5.26. The second-order valence-corrected chi connectivity index (χ2v) is 2.64. The first-order chi connectivity index (χ1) is 5.24. The van der Waals surface area contributed by atoms with Crippen molar-refractivity contribution in [2.75, 3.05) is 6.61 Å². The molecule has 1 atom stereocenters. The van der Waals surface area contributed by atoms with Crippen molar-refractivity contribution in [3.8, 4) is 0 Å². The first-order valence-corrected chi connectivity index (χ1v) is 3.66. The van der Waals surface area contributed by atoms with Crippen LogP contribution in [-0.4, -0.2) is 17.8 Å². The maximum absolute atomic E-state index is 12.6. The number of aliphatic hydroxyl groups is 1. The van der Waals surface area contributed by atoms with Crippen LogP contribution in [0.25, 0.3) is 0 Å². The van der Waals surface area contributed by atoms with Crippen LogP contribution in [0.15, 0.2) is 23.6 Å². The second kappa shape index (κ2) is 3.64. The van der Waals surface area contributed by atoms with Gasteiger partial charge in [0.25, 0.3) is 0 Å². The van der Waals surface area contributed by atoms with E-state index >= 15 is 0 Å². The SMILES string of the molecule is N[C@H](CO)C1=CC(F)=CCC1. The average molecular weight is 157 g/mol. The van der Waals surface area contributed by atoms with Gasteiger partial charge < -0.3 is 10.8 Å². The van der Waals surface area contributed by atoms with Crippen LogP contribution in [0, 0.1) is 0 Å². The van der Waals surface area contributed by atoms with Gasteiger partial charge in [0.05, 0.1) is 6.61 Å². The predicted molar refractivity (Wildman–Crippen MR) is 41.6 cm³/mol. The molecular weight excluding hydrogens is 145 g/mol. The minimum Gasteiger partial charge on any atom is -0.394 e. The number of hydrogen-bond acceptors (Lipinski definition) is 2. The fourth-order valence-corrected chi connectivity index (χ4v) is 1.09. The summed E-state index contributed by atoms with van der Waals surface area (Å²) >= 11 is 0. The Hall–Kier alpha value is -0.670. The van der Waals surface area contributed by atoms with Gasteiger partial charge in [-0.15, -0.1) is 0 Å². The highest BCUT2D eigenvalue weighted by atomic mass is 19.1. The van der Waals surface area contributed by atoms with E-state index in [0.717, 1.165) is 12.0 Å². The molecule has 0 amide bonds. The molecule has 0 radical (unpaired) electrons. The zero-order chi connectivity index (χ0) is 8.27. The Labute approximate surface area is 65.2 Å². The molecule has 3 N–H and O–H groups in total. The highest BCUT2D eigenvalue weighted by Crippen LogP contribution is 2.19. The molecule has 0 spiro atoms. The van der Waals surface area contributed by atoms with E-state index in [4.69, 9.17) is 10.8 Å². The van der Waals surface area contributed by atoms with Crippen LogP contribution in [0.1, 0.15) is 12.8 Å². The number of nitrogens with two attached hydrogens (primary N) is 1. The molecule has 11 heavy (non-hydrogen) atoms. The average Bonchev–Trinajstić information content (AvgIpc) is 2.03. The van der Waals surface area contributed by atoms with E-state index < -0.39 is 6.04 Å². The van der Waals surface area contributed by atoms with Gasteiger partial charge in [-0.05, 0) is 30.6 Å². The van der Waals surface area contributed by atoms with Crippen LogP contribution >= 0.6 is 0 Å². The normalized spacial score (nSPS) is 20.6. The van der Waals surface area contributed by atoms with Gasteiger partial charge in [0.1, 0.15) is 5.83 Å².